The van der Waals surface area contributed by atoms with Crippen molar-refractivity contribution < 1.29 is 8.42 Å². The summed E-state index contributed by atoms with van der Waals surface area (Å²) in [5.74, 6) is 0. The van der Waals surface area contributed by atoms with Gasteiger partial charge in [0.1, 0.15) is 0 Å². The van der Waals surface area contributed by atoms with Gasteiger partial charge in [-0.1, -0.05) is 19.4 Å². The summed E-state index contributed by atoms with van der Waals surface area (Å²) in [5, 5.41) is 0. The predicted molar refractivity (Wildman–Crippen MR) is 82.1 cm³/mol. The fraction of sp³-hybridized carbons (Fsp3) is 0.600. The lowest BCUT2D eigenvalue weighted by atomic mass is 10.0. The Kier molecular flexibility index (Phi) is 4.12. The van der Waals surface area contributed by atoms with Crippen LogP contribution >= 0.6 is 0 Å². The number of hydrogen-bond acceptors (Lipinski definition) is 3. The Morgan fingerprint density at radius 1 is 1.30 bits per heavy atom. The largest absolute Gasteiger partial charge is 0.398 e. The quantitative estimate of drug-likeness (QED) is 0.793. The highest BCUT2D eigenvalue weighted by Crippen LogP contribution is 2.49. The summed E-state index contributed by atoms with van der Waals surface area (Å²) in [5.41, 5.74) is 7.93. The van der Waals surface area contributed by atoms with Gasteiger partial charge in [-0.25, -0.2) is 13.1 Å². The van der Waals surface area contributed by atoms with Crippen LogP contribution in [0.3, 0.4) is 0 Å². The van der Waals surface area contributed by atoms with Crippen molar-refractivity contribution >= 4 is 15.7 Å². The summed E-state index contributed by atoms with van der Waals surface area (Å²) in [6.45, 7) is 6.24. The molecule has 0 bridgehead atoms. The lowest BCUT2D eigenvalue weighted by Crippen LogP contribution is -2.31. The minimum absolute atomic E-state index is 0.198. The molecule has 20 heavy (non-hydrogen) atoms. The van der Waals surface area contributed by atoms with Crippen LogP contribution in [0.15, 0.2) is 17.0 Å². The maximum Gasteiger partial charge on any atom is 0.241 e. The number of aryl methyl sites for hydroxylation is 1. The van der Waals surface area contributed by atoms with Crippen LogP contribution in [0.5, 0.6) is 0 Å². The molecule has 1 aliphatic rings. The fourth-order valence-electron chi connectivity index (χ4n) is 2.80. The molecule has 0 aromatic heterocycles. The summed E-state index contributed by atoms with van der Waals surface area (Å²) in [6.07, 6.45) is 4.43. The van der Waals surface area contributed by atoms with Crippen molar-refractivity contribution in [3.8, 4) is 0 Å². The Labute approximate surface area is 121 Å². The first-order chi connectivity index (χ1) is 9.31. The van der Waals surface area contributed by atoms with Gasteiger partial charge in [0.05, 0.1) is 4.90 Å². The lowest BCUT2D eigenvalue weighted by molar-refractivity contribution is 0.449. The van der Waals surface area contributed by atoms with Crippen LogP contribution in [0.25, 0.3) is 0 Å². The highest BCUT2D eigenvalue weighted by Gasteiger charge is 2.42. The van der Waals surface area contributed by atoms with Gasteiger partial charge in [-0.2, -0.15) is 0 Å². The molecule has 0 radical (unpaired) electrons. The van der Waals surface area contributed by atoms with Crippen molar-refractivity contribution in [2.45, 2.75) is 51.3 Å². The standard InChI is InChI=1S/C15H24N2O2S/c1-4-7-15(8-9-15)10-17-20(18,19)14-11(2)5-6-13(16)12(14)3/h5-6,17H,4,7-10,16H2,1-3H3. The van der Waals surface area contributed by atoms with E-state index in [-0.39, 0.29) is 5.41 Å². The van der Waals surface area contributed by atoms with Gasteiger partial charge in [-0.15, -0.1) is 0 Å². The van der Waals surface area contributed by atoms with Gasteiger partial charge in [0.25, 0.3) is 0 Å². The van der Waals surface area contributed by atoms with Gasteiger partial charge >= 0.3 is 0 Å². The molecule has 0 atom stereocenters. The molecule has 1 aromatic carbocycles. The number of nitrogens with two attached hydrogens (primary N) is 1. The molecule has 3 N–H and O–H groups in total. The summed E-state index contributed by atoms with van der Waals surface area (Å²) >= 11 is 0. The van der Waals surface area contributed by atoms with Crippen LogP contribution in [0.1, 0.15) is 43.7 Å². The van der Waals surface area contributed by atoms with E-state index in [1.807, 2.05) is 0 Å². The zero-order valence-corrected chi connectivity index (χ0v) is 13.3. The molecule has 0 amide bonds. The molecule has 4 nitrogen and oxygen atoms in total. The second-order valence-corrected chi connectivity index (χ2v) is 7.70. The highest BCUT2D eigenvalue weighted by atomic mass is 32.2. The topological polar surface area (TPSA) is 72.2 Å². The average Bonchev–Trinajstić information content (AvgIpc) is 3.13. The van der Waals surface area contributed by atoms with Gasteiger partial charge in [-0.05, 0) is 55.7 Å². The number of nitrogen functional groups attached to an aromatic ring is 1. The third kappa shape index (κ3) is 2.99. The molecule has 5 heteroatoms. The number of benzene rings is 1. The van der Waals surface area contributed by atoms with Crippen LogP contribution < -0.4 is 10.5 Å². The lowest BCUT2D eigenvalue weighted by Gasteiger charge is -2.17. The van der Waals surface area contributed by atoms with Crippen LogP contribution in [0.2, 0.25) is 0 Å². The number of anilines is 1. The molecule has 1 aromatic rings. The van der Waals surface area contributed by atoms with Crippen LogP contribution in [-0.4, -0.2) is 15.0 Å². The number of hydrogen-bond donors (Lipinski definition) is 2. The molecule has 112 valence electrons. The Hall–Kier alpha value is -1.07. The maximum absolute atomic E-state index is 12.5. The van der Waals surface area contributed by atoms with E-state index in [0.29, 0.717) is 22.7 Å². The molecule has 0 heterocycles. The molecule has 0 unspecified atom stereocenters. The smallest absolute Gasteiger partial charge is 0.241 e. The normalized spacial score (nSPS) is 17.1. The first-order valence-corrected chi connectivity index (χ1v) is 8.65. The molecule has 0 aliphatic heterocycles. The maximum atomic E-state index is 12.5. The minimum atomic E-state index is -3.49. The molecule has 0 spiro atoms. The second-order valence-electron chi connectivity index (χ2n) is 6.00. The Morgan fingerprint density at radius 2 is 1.95 bits per heavy atom. The van der Waals surface area contributed by atoms with Crippen molar-refractivity contribution in [3.05, 3.63) is 23.3 Å². The van der Waals surface area contributed by atoms with Crippen LogP contribution in [0, 0.1) is 19.3 Å². The number of nitrogens with one attached hydrogen (secondary N) is 1. The van der Waals surface area contributed by atoms with Crippen molar-refractivity contribution in [2.75, 3.05) is 12.3 Å². The molecule has 1 saturated carbocycles. The summed E-state index contributed by atoms with van der Waals surface area (Å²) in [7, 11) is -3.49. The zero-order valence-electron chi connectivity index (χ0n) is 12.5. The van der Waals surface area contributed by atoms with E-state index in [9.17, 15) is 8.42 Å². The fourth-order valence-corrected chi connectivity index (χ4v) is 4.45. The molecular weight excluding hydrogens is 272 g/mol. The molecule has 2 rings (SSSR count). The highest BCUT2D eigenvalue weighted by molar-refractivity contribution is 7.89. The van der Waals surface area contributed by atoms with E-state index < -0.39 is 10.0 Å². The first kappa shape index (κ1) is 15.3. The Morgan fingerprint density at radius 3 is 2.50 bits per heavy atom. The number of sulfonamides is 1. The van der Waals surface area contributed by atoms with Crippen molar-refractivity contribution in [1.82, 2.24) is 4.72 Å². The van der Waals surface area contributed by atoms with E-state index in [0.717, 1.165) is 31.2 Å². The third-order valence-electron chi connectivity index (χ3n) is 4.29. The van der Waals surface area contributed by atoms with Crippen molar-refractivity contribution in [3.63, 3.8) is 0 Å². The average molecular weight is 296 g/mol. The van der Waals surface area contributed by atoms with Crippen molar-refractivity contribution in [1.29, 1.82) is 0 Å². The molecule has 1 aliphatic carbocycles. The van der Waals surface area contributed by atoms with Gasteiger partial charge in [0.2, 0.25) is 10.0 Å². The molecule has 0 saturated heterocycles. The monoisotopic (exact) mass is 296 g/mol. The summed E-state index contributed by atoms with van der Waals surface area (Å²) in [6, 6.07) is 3.51. The summed E-state index contributed by atoms with van der Waals surface area (Å²) < 4.78 is 27.9. The Bertz CT molecular complexity index is 605. The SMILES string of the molecule is CCCC1(CNS(=O)(=O)c2c(C)ccc(N)c2C)CC1. The minimum Gasteiger partial charge on any atom is -0.398 e. The predicted octanol–water partition coefficient (Wildman–Crippen LogP) is 2.74. The van der Waals surface area contributed by atoms with Crippen LogP contribution in [-0.2, 0) is 10.0 Å². The zero-order chi connectivity index (χ0) is 15.0. The first-order valence-electron chi connectivity index (χ1n) is 7.17. The van der Waals surface area contributed by atoms with Crippen molar-refractivity contribution in [2.24, 2.45) is 5.41 Å². The summed E-state index contributed by atoms with van der Waals surface area (Å²) in [4.78, 5) is 0.338. The van der Waals surface area contributed by atoms with E-state index in [2.05, 4.69) is 11.6 Å². The number of rotatable bonds is 6. The Balaban J connectivity index is 2.21. The second kappa shape index (κ2) is 5.37. The molecular formula is C15H24N2O2S. The van der Waals surface area contributed by atoms with E-state index in [4.69, 9.17) is 5.73 Å². The van der Waals surface area contributed by atoms with E-state index in [1.165, 1.54) is 0 Å². The molecule has 1 fully saturated rings. The third-order valence-corrected chi connectivity index (χ3v) is 5.98. The van der Waals surface area contributed by atoms with E-state index in [1.54, 1.807) is 26.0 Å². The van der Waals surface area contributed by atoms with Crippen LogP contribution in [0.4, 0.5) is 5.69 Å². The van der Waals surface area contributed by atoms with Gasteiger partial charge < -0.3 is 5.73 Å². The van der Waals surface area contributed by atoms with Gasteiger partial charge in [0.15, 0.2) is 0 Å². The van der Waals surface area contributed by atoms with Gasteiger partial charge in [0, 0.05) is 12.2 Å². The van der Waals surface area contributed by atoms with E-state index >= 15 is 0 Å². The van der Waals surface area contributed by atoms with Gasteiger partial charge in [-0.3, -0.25) is 0 Å².